The zero-order valence-electron chi connectivity index (χ0n) is 14.1. The third-order valence-electron chi connectivity index (χ3n) is 4.77. The van der Waals surface area contributed by atoms with Gasteiger partial charge in [0.25, 0.3) is 0 Å². The second-order valence-electron chi connectivity index (χ2n) is 7.30. The Balaban J connectivity index is 2.64. The lowest BCUT2D eigenvalue weighted by Gasteiger charge is -2.42. The molecule has 1 heterocycles. The number of hydrogen-bond donors (Lipinski definition) is 2. The lowest BCUT2D eigenvalue weighted by atomic mass is 9.85. The summed E-state index contributed by atoms with van der Waals surface area (Å²) in [6.07, 6.45) is 2.07. The minimum atomic E-state index is -0.613. The molecule has 0 spiro atoms. The average Bonchev–Trinajstić information content (AvgIpc) is 2.30. The summed E-state index contributed by atoms with van der Waals surface area (Å²) in [7, 11) is 0. The van der Waals surface area contributed by atoms with Gasteiger partial charge in [0, 0.05) is 25.2 Å². The van der Waals surface area contributed by atoms with Gasteiger partial charge in [-0.25, -0.2) is 0 Å². The van der Waals surface area contributed by atoms with Crippen molar-refractivity contribution in [2.75, 3.05) is 13.1 Å². The van der Waals surface area contributed by atoms with Crippen molar-refractivity contribution in [1.82, 2.24) is 10.2 Å². The van der Waals surface area contributed by atoms with E-state index in [9.17, 15) is 4.79 Å². The van der Waals surface area contributed by atoms with Crippen LogP contribution in [0.1, 0.15) is 54.4 Å². The molecule has 1 amide bonds. The van der Waals surface area contributed by atoms with Crippen molar-refractivity contribution in [2.24, 2.45) is 17.6 Å². The van der Waals surface area contributed by atoms with E-state index >= 15 is 0 Å². The zero-order chi connectivity index (χ0) is 15.5. The number of primary amides is 1. The van der Waals surface area contributed by atoms with Crippen LogP contribution in [0.25, 0.3) is 0 Å². The fourth-order valence-electron chi connectivity index (χ4n) is 3.40. The van der Waals surface area contributed by atoms with Crippen LogP contribution in [-0.4, -0.2) is 41.5 Å². The third-order valence-corrected chi connectivity index (χ3v) is 4.77. The number of nitrogens with one attached hydrogen (secondary N) is 1. The highest BCUT2D eigenvalue weighted by Crippen LogP contribution is 2.27. The Morgan fingerprint density at radius 3 is 2.50 bits per heavy atom. The van der Waals surface area contributed by atoms with Gasteiger partial charge in [0.15, 0.2) is 0 Å². The van der Waals surface area contributed by atoms with Gasteiger partial charge in [-0.2, -0.15) is 0 Å². The van der Waals surface area contributed by atoms with Crippen LogP contribution >= 0.6 is 0 Å². The van der Waals surface area contributed by atoms with Crippen molar-refractivity contribution in [3.63, 3.8) is 0 Å². The Kier molecular flexibility index (Phi) is 6.02. The van der Waals surface area contributed by atoms with E-state index in [1.165, 1.54) is 6.42 Å². The van der Waals surface area contributed by atoms with Crippen molar-refractivity contribution >= 4 is 5.91 Å². The molecule has 20 heavy (non-hydrogen) atoms. The molecular formula is C16H33N3O. The fourth-order valence-corrected chi connectivity index (χ4v) is 3.40. The third kappa shape index (κ3) is 4.45. The molecule has 0 aliphatic carbocycles. The number of hydrogen-bond acceptors (Lipinski definition) is 3. The summed E-state index contributed by atoms with van der Waals surface area (Å²) in [6.45, 7) is 15.0. The number of nitrogens with two attached hydrogens (primary N) is 1. The van der Waals surface area contributed by atoms with Gasteiger partial charge < -0.3 is 16.0 Å². The van der Waals surface area contributed by atoms with Gasteiger partial charge in [0.1, 0.15) is 0 Å². The van der Waals surface area contributed by atoms with E-state index in [0.29, 0.717) is 6.04 Å². The molecule has 1 fully saturated rings. The molecule has 4 heteroatoms. The second kappa shape index (κ2) is 6.90. The van der Waals surface area contributed by atoms with Gasteiger partial charge in [-0.3, -0.25) is 4.79 Å². The first kappa shape index (κ1) is 17.4. The summed E-state index contributed by atoms with van der Waals surface area (Å²) in [5, 5.41) is 3.33. The molecule has 1 saturated heterocycles. The van der Waals surface area contributed by atoms with Gasteiger partial charge in [0.05, 0.1) is 5.54 Å². The summed E-state index contributed by atoms with van der Waals surface area (Å²) in [6, 6.07) is 0.839. The Morgan fingerprint density at radius 2 is 2.00 bits per heavy atom. The van der Waals surface area contributed by atoms with Crippen LogP contribution < -0.4 is 11.1 Å². The van der Waals surface area contributed by atoms with Crippen LogP contribution in [0.3, 0.4) is 0 Å². The molecule has 0 aromatic heterocycles. The second-order valence-corrected chi connectivity index (χ2v) is 7.30. The summed E-state index contributed by atoms with van der Waals surface area (Å²) in [4.78, 5) is 14.3. The van der Waals surface area contributed by atoms with E-state index in [4.69, 9.17) is 5.73 Å². The van der Waals surface area contributed by atoms with E-state index in [1.54, 1.807) is 0 Å². The Hall–Kier alpha value is -0.610. The van der Waals surface area contributed by atoms with Crippen molar-refractivity contribution < 1.29 is 4.79 Å². The molecular weight excluding hydrogens is 250 g/mol. The Labute approximate surface area is 124 Å². The summed E-state index contributed by atoms with van der Waals surface area (Å²) in [5.74, 6) is 1.20. The number of carbonyl (C=O) groups excluding carboxylic acids is 1. The van der Waals surface area contributed by atoms with Gasteiger partial charge in [-0.05, 0) is 52.4 Å². The van der Waals surface area contributed by atoms with E-state index in [0.717, 1.165) is 31.3 Å². The van der Waals surface area contributed by atoms with E-state index in [2.05, 4.69) is 44.8 Å². The van der Waals surface area contributed by atoms with Crippen LogP contribution in [0.2, 0.25) is 0 Å². The van der Waals surface area contributed by atoms with Gasteiger partial charge in [-0.15, -0.1) is 0 Å². The lowest BCUT2D eigenvalue weighted by Crippen LogP contribution is -2.57. The number of piperidine rings is 1. The van der Waals surface area contributed by atoms with Gasteiger partial charge in [-0.1, -0.05) is 13.8 Å². The highest BCUT2D eigenvalue weighted by Gasteiger charge is 2.34. The molecule has 1 aliphatic heterocycles. The summed E-state index contributed by atoms with van der Waals surface area (Å²) >= 11 is 0. The molecule has 4 unspecified atom stereocenters. The smallest absolute Gasteiger partial charge is 0.237 e. The first-order chi connectivity index (χ1) is 9.15. The molecule has 0 aromatic rings. The SMILES string of the molecule is CC1CC(C)C(C)N(CCC(C)(NC(C)C)C(N)=O)C1. The van der Waals surface area contributed by atoms with E-state index < -0.39 is 5.54 Å². The molecule has 3 N–H and O–H groups in total. The summed E-state index contributed by atoms with van der Waals surface area (Å²) < 4.78 is 0. The standard InChI is InChI=1S/C16H33N3O/c1-11(2)18-16(6,15(17)20)7-8-19-10-12(3)9-13(4)14(19)5/h11-14,18H,7-10H2,1-6H3,(H2,17,20). The minimum absolute atomic E-state index is 0.253. The maximum Gasteiger partial charge on any atom is 0.237 e. The molecule has 4 nitrogen and oxygen atoms in total. The molecule has 1 rings (SSSR count). The zero-order valence-corrected chi connectivity index (χ0v) is 14.1. The van der Waals surface area contributed by atoms with Crippen LogP contribution in [0, 0.1) is 11.8 Å². The lowest BCUT2D eigenvalue weighted by molar-refractivity contribution is -0.124. The Bertz CT molecular complexity index is 332. The van der Waals surface area contributed by atoms with Crippen LogP contribution in [0.5, 0.6) is 0 Å². The number of rotatable bonds is 6. The maximum absolute atomic E-state index is 11.8. The number of nitrogens with zero attached hydrogens (tertiary/aromatic N) is 1. The van der Waals surface area contributed by atoms with E-state index in [1.807, 2.05) is 6.92 Å². The largest absolute Gasteiger partial charge is 0.368 e. The highest BCUT2D eigenvalue weighted by atomic mass is 16.1. The van der Waals surface area contributed by atoms with Crippen molar-refractivity contribution in [2.45, 2.75) is 72.0 Å². The molecule has 0 saturated carbocycles. The van der Waals surface area contributed by atoms with Gasteiger partial charge in [0.2, 0.25) is 5.91 Å². The van der Waals surface area contributed by atoms with Crippen LogP contribution in [0.15, 0.2) is 0 Å². The van der Waals surface area contributed by atoms with Gasteiger partial charge >= 0.3 is 0 Å². The maximum atomic E-state index is 11.8. The topological polar surface area (TPSA) is 58.4 Å². The number of carbonyl (C=O) groups is 1. The van der Waals surface area contributed by atoms with Crippen molar-refractivity contribution in [1.29, 1.82) is 0 Å². The Morgan fingerprint density at radius 1 is 1.40 bits per heavy atom. The molecule has 1 aliphatic rings. The van der Waals surface area contributed by atoms with Crippen LogP contribution in [-0.2, 0) is 4.79 Å². The number of amides is 1. The average molecular weight is 283 g/mol. The molecule has 4 atom stereocenters. The monoisotopic (exact) mass is 283 g/mol. The quantitative estimate of drug-likeness (QED) is 0.784. The first-order valence-corrected chi connectivity index (χ1v) is 7.97. The van der Waals surface area contributed by atoms with Crippen molar-refractivity contribution in [3.05, 3.63) is 0 Å². The molecule has 0 radical (unpaired) electrons. The van der Waals surface area contributed by atoms with Crippen LogP contribution in [0.4, 0.5) is 0 Å². The molecule has 0 bridgehead atoms. The highest BCUT2D eigenvalue weighted by molar-refractivity contribution is 5.84. The molecule has 0 aromatic carbocycles. The number of likely N-dealkylation sites (tertiary alicyclic amines) is 1. The molecule has 118 valence electrons. The predicted octanol–water partition coefficient (Wildman–Crippen LogP) is 1.98. The minimum Gasteiger partial charge on any atom is -0.368 e. The fraction of sp³-hybridized carbons (Fsp3) is 0.938. The summed E-state index contributed by atoms with van der Waals surface area (Å²) in [5.41, 5.74) is 4.99. The predicted molar refractivity (Wildman–Crippen MR) is 84.5 cm³/mol. The normalized spacial score (nSPS) is 31.2. The van der Waals surface area contributed by atoms with E-state index in [-0.39, 0.29) is 11.9 Å². The first-order valence-electron chi connectivity index (χ1n) is 7.97. The van der Waals surface area contributed by atoms with Crippen molar-refractivity contribution in [3.8, 4) is 0 Å².